The molecule has 0 N–H and O–H groups in total. The maximum absolute atomic E-state index is 12.0. The third-order valence-corrected chi connectivity index (χ3v) is 3.47. The lowest BCUT2D eigenvalue weighted by atomic mass is 10.1. The van der Waals surface area contributed by atoms with E-state index in [2.05, 4.69) is 0 Å². The van der Waals surface area contributed by atoms with Gasteiger partial charge >= 0.3 is 0 Å². The maximum atomic E-state index is 12.0. The van der Waals surface area contributed by atoms with Crippen LogP contribution in [0.15, 0.2) is 48.5 Å². The Morgan fingerprint density at radius 1 is 1.10 bits per heavy atom. The van der Waals surface area contributed by atoms with E-state index in [0.29, 0.717) is 13.0 Å². The number of anilines is 1. The van der Waals surface area contributed by atoms with Crippen molar-refractivity contribution in [1.29, 1.82) is 0 Å². The van der Waals surface area contributed by atoms with Crippen LogP contribution in [0, 0.1) is 6.92 Å². The highest BCUT2D eigenvalue weighted by molar-refractivity contribution is 5.94. The Morgan fingerprint density at radius 3 is 2.48 bits per heavy atom. The van der Waals surface area contributed by atoms with Gasteiger partial charge in [0.15, 0.2) is 0 Å². The normalized spacial score (nSPS) is 10.2. The van der Waals surface area contributed by atoms with Gasteiger partial charge in [0.05, 0.1) is 5.69 Å². The minimum absolute atomic E-state index is 0.102. The lowest BCUT2D eigenvalue weighted by Gasteiger charge is -2.22. The van der Waals surface area contributed by atoms with E-state index in [-0.39, 0.29) is 5.91 Å². The van der Waals surface area contributed by atoms with E-state index in [1.165, 1.54) is 0 Å². The topological polar surface area (TPSA) is 29.5 Å². The van der Waals surface area contributed by atoms with Gasteiger partial charge in [-0.25, -0.2) is 0 Å². The average Bonchev–Trinajstić information content (AvgIpc) is 2.52. The molecule has 0 unspecified atom stereocenters. The summed E-state index contributed by atoms with van der Waals surface area (Å²) in [5, 5.41) is 0. The van der Waals surface area contributed by atoms with Crippen LogP contribution in [0.5, 0.6) is 5.75 Å². The zero-order chi connectivity index (χ0) is 15.2. The SMILES string of the molecule is CCC(=O)N(C)c1c(C)cccc1COc1ccccc1. The predicted molar refractivity (Wildman–Crippen MR) is 85.7 cm³/mol. The molecule has 0 fully saturated rings. The van der Waals surface area contributed by atoms with Crippen molar-refractivity contribution in [3.8, 4) is 5.75 Å². The number of carbonyl (C=O) groups excluding carboxylic acids is 1. The monoisotopic (exact) mass is 283 g/mol. The molecule has 21 heavy (non-hydrogen) atoms. The summed E-state index contributed by atoms with van der Waals surface area (Å²) >= 11 is 0. The summed E-state index contributed by atoms with van der Waals surface area (Å²) in [6.45, 7) is 4.33. The van der Waals surface area contributed by atoms with Gasteiger partial charge in [-0.15, -0.1) is 0 Å². The second-order valence-electron chi connectivity index (χ2n) is 4.99. The largest absolute Gasteiger partial charge is 0.489 e. The van der Waals surface area contributed by atoms with E-state index >= 15 is 0 Å². The quantitative estimate of drug-likeness (QED) is 0.831. The van der Waals surface area contributed by atoms with E-state index in [1.54, 1.807) is 4.90 Å². The molecule has 0 aliphatic rings. The number of aryl methyl sites for hydroxylation is 1. The number of para-hydroxylation sites is 2. The van der Waals surface area contributed by atoms with Crippen molar-refractivity contribution >= 4 is 11.6 Å². The number of benzene rings is 2. The highest BCUT2D eigenvalue weighted by Crippen LogP contribution is 2.26. The van der Waals surface area contributed by atoms with E-state index in [0.717, 1.165) is 22.6 Å². The molecule has 0 aliphatic carbocycles. The van der Waals surface area contributed by atoms with Gasteiger partial charge in [-0.2, -0.15) is 0 Å². The van der Waals surface area contributed by atoms with E-state index in [4.69, 9.17) is 4.74 Å². The first-order valence-electron chi connectivity index (χ1n) is 7.16. The Balaban J connectivity index is 2.23. The molecule has 2 aromatic carbocycles. The van der Waals surface area contributed by atoms with Crippen molar-refractivity contribution in [2.24, 2.45) is 0 Å². The molecule has 0 aliphatic heterocycles. The summed E-state index contributed by atoms with van der Waals surface area (Å²) in [5.74, 6) is 0.930. The molecule has 0 saturated heterocycles. The van der Waals surface area contributed by atoms with E-state index in [1.807, 2.05) is 69.4 Å². The molecule has 0 bridgehead atoms. The lowest BCUT2D eigenvalue weighted by molar-refractivity contribution is -0.118. The smallest absolute Gasteiger partial charge is 0.226 e. The average molecular weight is 283 g/mol. The minimum atomic E-state index is 0.102. The molecule has 3 heteroatoms. The minimum Gasteiger partial charge on any atom is -0.489 e. The number of hydrogen-bond acceptors (Lipinski definition) is 2. The summed E-state index contributed by atoms with van der Waals surface area (Å²) < 4.78 is 5.81. The summed E-state index contributed by atoms with van der Waals surface area (Å²) in [6, 6.07) is 15.7. The molecule has 0 atom stereocenters. The predicted octanol–water partition coefficient (Wildman–Crippen LogP) is 3.95. The molecular weight excluding hydrogens is 262 g/mol. The molecule has 0 spiro atoms. The van der Waals surface area contributed by atoms with Crippen molar-refractivity contribution in [3.63, 3.8) is 0 Å². The molecule has 0 saturated carbocycles. The van der Waals surface area contributed by atoms with Crippen LogP contribution >= 0.6 is 0 Å². The highest BCUT2D eigenvalue weighted by Gasteiger charge is 2.15. The van der Waals surface area contributed by atoms with Gasteiger partial charge in [-0.1, -0.05) is 43.3 Å². The molecule has 110 valence electrons. The summed E-state index contributed by atoms with van der Waals surface area (Å²) in [7, 11) is 1.82. The highest BCUT2D eigenvalue weighted by atomic mass is 16.5. The molecular formula is C18H21NO2. The third-order valence-electron chi connectivity index (χ3n) is 3.47. The van der Waals surface area contributed by atoms with Crippen molar-refractivity contribution in [2.75, 3.05) is 11.9 Å². The van der Waals surface area contributed by atoms with Crippen LogP contribution in [0.1, 0.15) is 24.5 Å². The summed E-state index contributed by atoms with van der Waals surface area (Å²) in [4.78, 5) is 13.7. The van der Waals surface area contributed by atoms with Gasteiger partial charge in [-0.05, 0) is 24.6 Å². The van der Waals surface area contributed by atoms with Crippen molar-refractivity contribution in [2.45, 2.75) is 26.9 Å². The Hall–Kier alpha value is -2.29. The zero-order valence-corrected chi connectivity index (χ0v) is 12.8. The number of nitrogens with zero attached hydrogens (tertiary/aromatic N) is 1. The van der Waals surface area contributed by atoms with Gasteiger partial charge in [0.1, 0.15) is 12.4 Å². The maximum Gasteiger partial charge on any atom is 0.226 e. The first kappa shape index (κ1) is 15.1. The number of rotatable bonds is 5. The Kier molecular flexibility index (Phi) is 4.99. The molecule has 0 radical (unpaired) electrons. The van der Waals surface area contributed by atoms with Gasteiger partial charge < -0.3 is 9.64 Å². The zero-order valence-electron chi connectivity index (χ0n) is 12.8. The van der Waals surface area contributed by atoms with Crippen LogP contribution < -0.4 is 9.64 Å². The fourth-order valence-electron chi connectivity index (χ4n) is 2.36. The van der Waals surface area contributed by atoms with Crippen molar-refractivity contribution < 1.29 is 9.53 Å². The van der Waals surface area contributed by atoms with Crippen LogP contribution in [-0.4, -0.2) is 13.0 Å². The van der Waals surface area contributed by atoms with Gasteiger partial charge in [0.25, 0.3) is 0 Å². The first-order valence-corrected chi connectivity index (χ1v) is 7.16. The number of ether oxygens (including phenoxy) is 1. The fraction of sp³-hybridized carbons (Fsp3) is 0.278. The standard InChI is InChI=1S/C18H21NO2/c1-4-17(20)19(3)18-14(2)9-8-10-15(18)13-21-16-11-6-5-7-12-16/h5-12H,4,13H2,1-3H3. The van der Waals surface area contributed by atoms with Crippen LogP contribution in [0.25, 0.3) is 0 Å². The molecule has 3 nitrogen and oxygen atoms in total. The molecule has 1 amide bonds. The van der Waals surface area contributed by atoms with Crippen molar-refractivity contribution in [1.82, 2.24) is 0 Å². The molecule has 0 heterocycles. The fourth-order valence-corrected chi connectivity index (χ4v) is 2.36. The molecule has 2 rings (SSSR count). The van der Waals surface area contributed by atoms with Crippen LogP contribution in [0.3, 0.4) is 0 Å². The van der Waals surface area contributed by atoms with Gasteiger partial charge in [0.2, 0.25) is 5.91 Å². The van der Waals surface area contributed by atoms with E-state index < -0.39 is 0 Å². The van der Waals surface area contributed by atoms with Crippen LogP contribution in [0.4, 0.5) is 5.69 Å². The number of amides is 1. The van der Waals surface area contributed by atoms with Crippen LogP contribution in [-0.2, 0) is 11.4 Å². The van der Waals surface area contributed by atoms with Gasteiger partial charge in [0, 0.05) is 19.0 Å². The first-order chi connectivity index (χ1) is 10.1. The third kappa shape index (κ3) is 3.63. The second-order valence-corrected chi connectivity index (χ2v) is 4.99. The Labute approximate surface area is 126 Å². The Bertz CT molecular complexity index is 608. The van der Waals surface area contributed by atoms with Crippen LogP contribution in [0.2, 0.25) is 0 Å². The summed E-state index contributed by atoms with van der Waals surface area (Å²) in [6.07, 6.45) is 0.490. The second kappa shape index (κ2) is 6.93. The summed E-state index contributed by atoms with van der Waals surface area (Å²) in [5.41, 5.74) is 3.04. The molecule has 2 aromatic rings. The molecule has 0 aromatic heterocycles. The van der Waals surface area contributed by atoms with E-state index in [9.17, 15) is 4.79 Å². The van der Waals surface area contributed by atoms with Gasteiger partial charge in [-0.3, -0.25) is 4.79 Å². The number of hydrogen-bond donors (Lipinski definition) is 0. The lowest BCUT2D eigenvalue weighted by Crippen LogP contribution is -2.27. The Morgan fingerprint density at radius 2 is 1.81 bits per heavy atom. The van der Waals surface area contributed by atoms with Crippen molar-refractivity contribution in [3.05, 3.63) is 59.7 Å². The number of carbonyl (C=O) groups is 1.